The fourth-order valence-corrected chi connectivity index (χ4v) is 2.73. The minimum atomic E-state index is -0.305. The predicted molar refractivity (Wildman–Crippen MR) is 93.2 cm³/mol. The molecule has 0 aliphatic carbocycles. The van der Waals surface area contributed by atoms with Gasteiger partial charge < -0.3 is 14.8 Å². The molecule has 3 aromatic rings. The van der Waals surface area contributed by atoms with Crippen LogP contribution in [0.2, 0.25) is 0 Å². The Morgan fingerprint density at radius 3 is 2.83 bits per heavy atom. The Morgan fingerprint density at radius 1 is 1.29 bits per heavy atom. The number of hydrogen-bond donors (Lipinski definition) is 2. The zero-order valence-corrected chi connectivity index (χ0v) is 13.9. The molecule has 5 nitrogen and oxygen atoms in total. The summed E-state index contributed by atoms with van der Waals surface area (Å²) < 4.78 is 2.05. The first-order chi connectivity index (χ1) is 11.5. The second kappa shape index (κ2) is 6.74. The summed E-state index contributed by atoms with van der Waals surface area (Å²) >= 11 is 0. The van der Waals surface area contributed by atoms with E-state index in [1.54, 1.807) is 18.2 Å². The first kappa shape index (κ1) is 16.1. The van der Waals surface area contributed by atoms with E-state index in [1.165, 1.54) is 0 Å². The number of nitrogens with zero attached hydrogens (tertiary/aromatic N) is 2. The summed E-state index contributed by atoms with van der Waals surface area (Å²) in [5.41, 5.74) is 3.81. The number of hydrogen-bond acceptors (Lipinski definition) is 3. The third-order valence-corrected chi connectivity index (χ3v) is 4.19. The topological polar surface area (TPSA) is 66.6 Å². The molecule has 2 heterocycles. The average molecular weight is 323 g/mol. The van der Waals surface area contributed by atoms with E-state index in [2.05, 4.69) is 10.3 Å². The maximum absolute atomic E-state index is 12.3. The normalized spacial score (nSPS) is 12.2. The maximum atomic E-state index is 12.3. The van der Waals surface area contributed by atoms with Crippen LogP contribution >= 0.6 is 0 Å². The Morgan fingerprint density at radius 2 is 2.08 bits per heavy atom. The number of benzene rings is 1. The molecular weight excluding hydrogens is 302 g/mol. The molecule has 0 spiro atoms. The number of imidazole rings is 1. The molecule has 1 amide bonds. The Bertz CT molecular complexity index is 870. The molecule has 1 aromatic carbocycles. The Hall–Kier alpha value is -2.82. The molecule has 1 unspecified atom stereocenters. The highest BCUT2D eigenvalue weighted by Gasteiger charge is 2.15. The second-order valence-electron chi connectivity index (χ2n) is 5.99. The molecule has 0 radical (unpaired) electrons. The number of aryl methyl sites for hydroxylation is 1. The highest BCUT2D eigenvalue weighted by Crippen LogP contribution is 2.19. The smallest absolute Gasteiger partial charge is 0.227 e. The largest absolute Gasteiger partial charge is 0.508 e. The van der Waals surface area contributed by atoms with Crippen LogP contribution in [0.4, 0.5) is 0 Å². The van der Waals surface area contributed by atoms with Crippen molar-refractivity contribution in [3.8, 4) is 5.75 Å². The summed E-state index contributed by atoms with van der Waals surface area (Å²) in [7, 11) is 0. The van der Waals surface area contributed by atoms with Crippen molar-refractivity contribution in [1.29, 1.82) is 0 Å². The van der Waals surface area contributed by atoms with Crippen molar-refractivity contribution in [2.75, 3.05) is 6.54 Å². The summed E-state index contributed by atoms with van der Waals surface area (Å²) in [6.45, 7) is 4.40. The van der Waals surface area contributed by atoms with Gasteiger partial charge in [0.05, 0.1) is 11.6 Å². The lowest BCUT2D eigenvalue weighted by molar-refractivity contribution is -0.122. The second-order valence-corrected chi connectivity index (χ2v) is 5.99. The first-order valence-corrected chi connectivity index (χ1v) is 8.05. The van der Waals surface area contributed by atoms with Crippen LogP contribution in [0.15, 0.2) is 48.7 Å². The number of aromatic nitrogens is 2. The minimum Gasteiger partial charge on any atom is -0.508 e. The molecule has 24 heavy (non-hydrogen) atoms. The summed E-state index contributed by atoms with van der Waals surface area (Å²) in [5, 5.41) is 12.5. The van der Waals surface area contributed by atoms with Gasteiger partial charge in [-0.15, -0.1) is 0 Å². The highest BCUT2D eigenvalue weighted by atomic mass is 16.3. The van der Waals surface area contributed by atoms with Crippen LogP contribution < -0.4 is 5.32 Å². The van der Waals surface area contributed by atoms with Gasteiger partial charge in [-0.2, -0.15) is 0 Å². The number of phenols is 1. The number of phenolic OH excluding ortho intramolecular Hbond substituents is 1. The Kier molecular flexibility index (Phi) is 4.51. The molecule has 0 fully saturated rings. The van der Waals surface area contributed by atoms with Gasteiger partial charge in [0, 0.05) is 24.9 Å². The van der Waals surface area contributed by atoms with Crippen LogP contribution in [0.5, 0.6) is 5.75 Å². The maximum Gasteiger partial charge on any atom is 0.227 e. The number of pyridine rings is 1. The van der Waals surface area contributed by atoms with Crippen LogP contribution in [-0.4, -0.2) is 26.9 Å². The van der Waals surface area contributed by atoms with Gasteiger partial charge in [-0.3, -0.25) is 4.79 Å². The van der Waals surface area contributed by atoms with E-state index in [0.717, 1.165) is 22.6 Å². The van der Waals surface area contributed by atoms with Crippen LogP contribution in [0.1, 0.15) is 29.8 Å². The van der Waals surface area contributed by atoms with Crippen molar-refractivity contribution in [3.05, 3.63) is 65.6 Å². The molecular formula is C19H21N3O2. The fraction of sp³-hybridized carbons (Fsp3) is 0.263. The van der Waals surface area contributed by atoms with Crippen molar-refractivity contribution in [3.63, 3.8) is 0 Å². The zero-order chi connectivity index (χ0) is 17.1. The molecule has 0 saturated heterocycles. The van der Waals surface area contributed by atoms with Crippen LogP contribution in [0, 0.1) is 6.92 Å². The summed E-state index contributed by atoms with van der Waals surface area (Å²) in [5.74, 6) is -0.187. The van der Waals surface area contributed by atoms with Crippen molar-refractivity contribution in [2.45, 2.75) is 26.2 Å². The summed E-state index contributed by atoms with van der Waals surface area (Å²) in [6.07, 6.45) is 2.69. The Labute approximate surface area is 141 Å². The van der Waals surface area contributed by atoms with Gasteiger partial charge in [-0.25, -0.2) is 4.98 Å². The monoisotopic (exact) mass is 323 g/mol. The van der Waals surface area contributed by atoms with Gasteiger partial charge in [0.15, 0.2) is 0 Å². The Balaban J connectivity index is 1.59. The van der Waals surface area contributed by atoms with E-state index >= 15 is 0 Å². The molecule has 5 heteroatoms. The zero-order valence-electron chi connectivity index (χ0n) is 13.9. The number of carbonyl (C=O) groups excluding carboxylic acids is 1. The lowest BCUT2D eigenvalue weighted by Gasteiger charge is -2.12. The number of amides is 1. The van der Waals surface area contributed by atoms with Gasteiger partial charge >= 0.3 is 0 Å². The number of nitrogens with one attached hydrogen (secondary N) is 1. The van der Waals surface area contributed by atoms with Gasteiger partial charge in [0.2, 0.25) is 5.91 Å². The molecule has 0 saturated carbocycles. The fourth-order valence-electron chi connectivity index (χ4n) is 2.73. The number of rotatable bonds is 5. The standard InChI is InChI=1S/C19H21N3O2/c1-13-5-3-8-18-21-16(12-22(13)18)9-10-20-19(24)14(2)15-6-4-7-17(23)11-15/h3-8,11-12,14,23H,9-10H2,1-2H3,(H,20,24). The van der Waals surface area contributed by atoms with E-state index in [9.17, 15) is 9.90 Å². The molecule has 2 N–H and O–H groups in total. The molecule has 2 aromatic heterocycles. The van der Waals surface area contributed by atoms with Crippen molar-refractivity contribution in [1.82, 2.24) is 14.7 Å². The van der Waals surface area contributed by atoms with E-state index in [1.807, 2.05) is 48.7 Å². The predicted octanol–water partition coefficient (Wildman–Crippen LogP) is 2.81. The van der Waals surface area contributed by atoms with Crippen molar-refractivity contribution >= 4 is 11.6 Å². The van der Waals surface area contributed by atoms with Crippen molar-refractivity contribution in [2.24, 2.45) is 0 Å². The SMILES string of the molecule is Cc1cccc2nc(CCNC(=O)C(C)c3cccc(O)c3)cn12. The number of carbonyl (C=O) groups is 1. The van der Waals surface area contributed by atoms with Gasteiger partial charge in [0.1, 0.15) is 11.4 Å². The molecule has 1 atom stereocenters. The third-order valence-electron chi connectivity index (χ3n) is 4.19. The lowest BCUT2D eigenvalue weighted by Crippen LogP contribution is -2.29. The highest BCUT2D eigenvalue weighted by molar-refractivity contribution is 5.83. The lowest BCUT2D eigenvalue weighted by atomic mass is 10.00. The minimum absolute atomic E-state index is 0.0551. The van der Waals surface area contributed by atoms with Gasteiger partial charge in [-0.05, 0) is 43.7 Å². The molecule has 3 rings (SSSR count). The third kappa shape index (κ3) is 3.40. The van der Waals surface area contributed by atoms with Crippen molar-refractivity contribution < 1.29 is 9.90 Å². The summed E-state index contributed by atoms with van der Waals surface area (Å²) in [6, 6.07) is 12.8. The van der Waals surface area contributed by atoms with E-state index in [-0.39, 0.29) is 17.6 Å². The van der Waals surface area contributed by atoms with E-state index in [0.29, 0.717) is 13.0 Å². The molecule has 0 bridgehead atoms. The van der Waals surface area contributed by atoms with Gasteiger partial charge in [-0.1, -0.05) is 18.2 Å². The first-order valence-electron chi connectivity index (χ1n) is 8.05. The van der Waals surface area contributed by atoms with Crippen LogP contribution in [-0.2, 0) is 11.2 Å². The molecule has 0 aliphatic rings. The summed E-state index contributed by atoms with van der Waals surface area (Å²) in [4.78, 5) is 16.8. The molecule has 0 aliphatic heterocycles. The van der Waals surface area contributed by atoms with E-state index < -0.39 is 0 Å². The number of fused-ring (bicyclic) bond motifs is 1. The molecule has 124 valence electrons. The van der Waals surface area contributed by atoms with Gasteiger partial charge in [0.25, 0.3) is 0 Å². The average Bonchev–Trinajstić information content (AvgIpc) is 2.98. The number of aromatic hydroxyl groups is 1. The van der Waals surface area contributed by atoms with E-state index in [4.69, 9.17) is 0 Å². The quantitative estimate of drug-likeness (QED) is 0.759. The van der Waals surface area contributed by atoms with Crippen LogP contribution in [0.25, 0.3) is 5.65 Å². The van der Waals surface area contributed by atoms with Crippen LogP contribution in [0.3, 0.4) is 0 Å².